The molecule has 2 fully saturated rings. The summed E-state index contributed by atoms with van der Waals surface area (Å²) in [6.07, 6.45) is 6.08. The van der Waals surface area contributed by atoms with Gasteiger partial charge in [0.1, 0.15) is 29.3 Å². The molecule has 0 radical (unpaired) electrons. The van der Waals surface area contributed by atoms with Crippen molar-refractivity contribution in [2.24, 2.45) is 5.92 Å². The van der Waals surface area contributed by atoms with Gasteiger partial charge in [-0.25, -0.2) is 19.5 Å². The van der Waals surface area contributed by atoms with Crippen LogP contribution < -0.4 is 10.5 Å². The average molecular weight is 492 g/mol. The minimum absolute atomic E-state index is 0.0805. The van der Waals surface area contributed by atoms with Crippen molar-refractivity contribution in [3.63, 3.8) is 0 Å². The number of benzene rings is 2. The summed E-state index contributed by atoms with van der Waals surface area (Å²) >= 11 is 0. The Morgan fingerprint density at radius 2 is 1.81 bits per heavy atom. The molecular weight excluding hydrogens is 466 g/mol. The van der Waals surface area contributed by atoms with Crippen molar-refractivity contribution in [2.75, 3.05) is 18.8 Å². The predicted molar refractivity (Wildman–Crippen MR) is 139 cm³/mol. The summed E-state index contributed by atoms with van der Waals surface area (Å²) in [4.78, 5) is 26.9. The number of fused-ring (bicyclic) bond motifs is 1. The summed E-state index contributed by atoms with van der Waals surface area (Å²) in [6.45, 7) is 8.47. The van der Waals surface area contributed by atoms with Gasteiger partial charge in [-0.2, -0.15) is 5.10 Å². The lowest BCUT2D eigenvalue weighted by atomic mass is 10.1. The summed E-state index contributed by atoms with van der Waals surface area (Å²) in [6, 6.07) is 17.2. The molecule has 1 saturated carbocycles. The highest BCUT2D eigenvalue weighted by Crippen LogP contribution is 2.36. The van der Waals surface area contributed by atoms with Gasteiger partial charge in [-0.3, -0.25) is 4.79 Å². The summed E-state index contributed by atoms with van der Waals surface area (Å²) in [5.41, 5.74) is 8.68. The summed E-state index contributed by atoms with van der Waals surface area (Å²) in [5.74, 6) is 1.99. The Hall–Kier alpha value is -4.71. The smallest absolute Gasteiger partial charge is 0.252 e. The zero-order chi connectivity index (χ0) is 25.4. The van der Waals surface area contributed by atoms with E-state index in [9.17, 15) is 4.79 Å². The van der Waals surface area contributed by atoms with Crippen molar-refractivity contribution in [1.82, 2.24) is 24.6 Å². The van der Waals surface area contributed by atoms with Crippen molar-refractivity contribution in [3.05, 3.63) is 84.1 Å². The third-order valence-electron chi connectivity index (χ3n) is 6.78. The quantitative estimate of drug-likeness (QED) is 0.305. The number of hydrogen-bond acceptors (Lipinski definition) is 6. The Balaban J connectivity index is 1.28. The zero-order valence-corrected chi connectivity index (χ0v) is 20.1. The molecule has 6 rings (SSSR count). The molecule has 4 aromatic rings. The van der Waals surface area contributed by atoms with E-state index < -0.39 is 0 Å². The first-order chi connectivity index (χ1) is 18.1. The number of carbonyl (C=O) groups is 1. The fraction of sp³-hybridized carbons (Fsp3) is 0.250. The van der Waals surface area contributed by atoms with Crippen molar-refractivity contribution >= 4 is 22.8 Å². The van der Waals surface area contributed by atoms with Gasteiger partial charge >= 0.3 is 0 Å². The van der Waals surface area contributed by atoms with Gasteiger partial charge in [-0.15, -0.1) is 0 Å². The lowest BCUT2D eigenvalue weighted by Gasteiger charge is -2.16. The van der Waals surface area contributed by atoms with Crippen LogP contribution in [0.5, 0.6) is 11.5 Å². The Kier molecular flexibility index (Phi) is 5.77. The molecule has 0 unspecified atom stereocenters. The molecule has 9 heteroatoms. The van der Waals surface area contributed by atoms with Gasteiger partial charge in [0.05, 0.1) is 18.0 Å². The number of para-hydroxylation sites is 1. The minimum atomic E-state index is -0.204. The molecule has 2 aliphatic rings. The maximum absolute atomic E-state index is 13.0. The Bertz CT molecular complexity index is 1530. The molecule has 1 saturated heterocycles. The number of likely N-dealkylation sites (tertiary alicyclic amines) is 1. The molecule has 37 heavy (non-hydrogen) atoms. The first-order valence-electron chi connectivity index (χ1n) is 12.3. The fourth-order valence-electron chi connectivity index (χ4n) is 4.69. The van der Waals surface area contributed by atoms with Crippen molar-refractivity contribution < 1.29 is 9.53 Å². The van der Waals surface area contributed by atoms with Gasteiger partial charge in [-0.1, -0.05) is 24.3 Å². The largest absolute Gasteiger partial charge is 0.457 e. The lowest BCUT2D eigenvalue weighted by Crippen LogP contribution is -2.30. The number of nitrogen functional groups attached to an aromatic ring is 1. The van der Waals surface area contributed by atoms with Gasteiger partial charge in [-0.05, 0) is 61.6 Å². The second-order valence-corrected chi connectivity index (χ2v) is 9.38. The normalized spacial score (nSPS) is 17.6. The summed E-state index contributed by atoms with van der Waals surface area (Å²) in [5, 5.41) is 5.59. The molecule has 0 bridgehead atoms. The van der Waals surface area contributed by atoms with E-state index in [0.29, 0.717) is 53.7 Å². The van der Waals surface area contributed by atoms with Crippen LogP contribution in [0.2, 0.25) is 0 Å². The third kappa shape index (κ3) is 4.49. The van der Waals surface area contributed by atoms with E-state index in [2.05, 4.69) is 14.8 Å². The highest BCUT2D eigenvalue weighted by atomic mass is 16.5. The molecule has 184 valence electrons. The van der Waals surface area contributed by atoms with Crippen LogP contribution in [0.4, 0.5) is 5.82 Å². The highest BCUT2D eigenvalue weighted by molar-refractivity contribution is 5.98. The number of ether oxygens (including phenoxy) is 1. The standard InChI is InChI=1S/C28H25N7O2/c1-30-23(15-18-7-8-18)28(36)34-14-13-20(16-34)35-27-24(26(29)31-17-32-27)25(33-35)19-9-11-22(12-10-19)37-21-5-3-2-4-6-21/h2-6,9-12,15,17-18,20H,7-8,13-14,16H2,(H2,29,31,32)/b23-15-/t20-/m0/s1. The van der Waals surface area contributed by atoms with Gasteiger partial charge in [0.15, 0.2) is 5.65 Å². The molecule has 1 atom stereocenters. The molecule has 1 aliphatic carbocycles. The maximum Gasteiger partial charge on any atom is 0.252 e. The Labute approximate surface area is 214 Å². The van der Waals surface area contributed by atoms with Gasteiger partial charge in [0.2, 0.25) is 5.70 Å². The van der Waals surface area contributed by atoms with Gasteiger partial charge in [0, 0.05) is 18.7 Å². The number of rotatable bonds is 6. The third-order valence-corrected chi connectivity index (χ3v) is 6.78. The van der Waals surface area contributed by atoms with Crippen LogP contribution in [0.3, 0.4) is 0 Å². The van der Waals surface area contributed by atoms with Crippen LogP contribution in [0.1, 0.15) is 25.3 Å². The van der Waals surface area contributed by atoms with Crippen LogP contribution in [-0.2, 0) is 4.79 Å². The second-order valence-electron chi connectivity index (χ2n) is 9.38. The predicted octanol–water partition coefficient (Wildman–Crippen LogP) is 4.85. The van der Waals surface area contributed by atoms with Crippen molar-refractivity contribution in [1.29, 1.82) is 0 Å². The van der Waals surface area contributed by atoms with E-state index in [1.165, 1.54) is 6.33 Å². The van der Waals surface area contributed by atoms with Crippen LogP contribution >= 0.6 is 0 Å². The molecule has 1 aliphatic heterocycles. The van der Waals surface area contributed by atoms with Crippen molar-refractivity contribution in [2.45, 2.75) is 25.3 Å². The molecule has 0 spiro atoms. The number of hydrogen-bond donors (Lipinski definition) is 1. The number of anilines is 1. The topological polar surface area (TPSA) is 104 Å². The summed E-state index contributed by atoms with van der Waals surface area (Å²) < 4.78 is 7.77. The Morgan fingerprint density at radius 1 is 1.05 bits per heavy atom. The van der Waals surface area contributed by atoms with E-state index in [1.807, 2.05) is 65.4 Å². The van der Waals surface area contributed by atoms with Crippen LogP contribution in [0.25, 0.3) is 27.1 Å². The number of amides is 1. The van der Waals surface area contributed by atoms with Crippen LogP contribution in [-0.4, -0.2) is 43.6 Å². The molecule has 9 nitrogen and oxygen atoms in total. The van der Waals surface area contributed by atoms with E-state index in [1.54, 1.807) is 4.90 Å². The molecular formula is C28H25N7O2. The van der Waals surface area contributed by atoms with Crippen LogP contribution in [0.15, 0.2) is 72.7 Å². The Morgan fingerprint density at radius 3 is 2.54 bits per heavy atom. The van der Waals surface area contributed by atoms with E-state index >= 15 is 0 Å². The van der Waals surface area contributed by atoms with Gasteiger partial charge < -0.3 is 15.4 Å². The van der Waals surface area contributed by atoms with E-state index in [0.717, 1.165) is 24.2 Å². The maximum atomic E-state index is 13.0. The van der Waals surface area contributed by atoms with E-state index in [4.69, 9.17) is 22.1 Å². The van der Waals surface area contributed by atoms with Crippen molar-refractivity contribution in [3.8, 4) is 22.8 Å². The lowest BCUT2D eigenvalue weighted by molar-refractivity contribution is -0.125. The molecule has 2 aromatic carbocycles. The number of allylic oxidation sites excluding steroid dienone is 1. The second kappa shape index (κ2) is 9.39. The van der Waals surface area contributed by atoms with Crippen LogP contribution in [0, 0.1) is 12.5 Å². The number of aromatic nitrogens is 4. The summed E-state index contributed by atoms with van der Waals surface area (Å²) in [7, 11) is 0. The van der Waals surface area contributed by atoms with E-state index in [-0.39, 0.29) is 17.6 Å². The fourth-order valence-corrected chi connectivity index (χ4v) is 4.69. The zero-order valence-electron chi connectivity index (χ0n) is 20.1. The highest BCUT2D eigenvalue weighted by Gasteiger charge is 2.33. The number of carbonyl (C=O) groups excluding carboxylic acids is 1. The number of nitrogens with two attached hydrogens (primary N) is 1. The monoisotopic (exact) mass is 491 g/mol. The average Bonchev–Trinajstić information content (AvgIpc) is 3.46. The number of nitrogens with zero attached hydrogens (tertiary/aromatic N) is 6. The minimum Gasteiger partial charge on any atom is -0.457 e. The first-order valence-corrected chi connectivity index (χ1v) is 12.3. The van der Waals surface area contributed by atoms with Gasteiger partial charge in [0.25, 0.3) is 5.91 Å². The SMILES string of the molecule is [C-]#[N+]/C(=C\C1CC1)C(=O)N1CC[C@H](n2nc(-c3ccc(Oc4ccccc4)cc3)c3c(N)ncnc32)C1. The molecule has 2 aromatic heterocycles. The molecule has 2 N–H and O–H groups in total. The molecule has 3 heterocycles. The molecule has 1 amide bonds. The first kappa shape index (κ1) is 22.7.